The molecule has 4 heteroatoms. The van der Waals surface area contributed by atoms with Crippen molar-refractivity contribution in [1.82, 2.24) is 14.7 Å². The summed E-state index contributed by atoms with van der Waals surface area (Å²) in [5.74, 6) is 0.563. The van der Waals surface area contributed by atoms with E-state index >= 15 is 0 Å². The SMILES string of the molecule is CC(C)c1ccc(CN(C)CC(O)Cn2cccn2)cc1. The second-order valence-corrected chi connectivity index (χ2v) is 5.97. The van der Waals surface area contributed by atoms with Crippen LogP contribution in [0.15, 0.2) is 42.7 Å². The van der Waals surface area contributed by atoms with Crippen LogP contribution in [0.1, 0.15) is 30.9 Å². The highest BCUT2D eigenvalue weighted by atomic mass is 16.3. The largest absolute Gasteiger partial charge is 0.390 e. The molecule has 2 aromatic rings. The van der Waals surface area contributed by atoms with Crippen LogP contribution in [0.5, 0.6) is 0 Å². The van der Waals surface area contributed by atoms with Gasteiger partial charge < -0.3 is 5.11 Å². The van der Waals surface area contributed by atoms with E-state index in [0.29, 0.717) is 19.0 Å². The van der Waals surface area contributed by atoms with Crippen molar-refractivity contribution in [3.05, 3.63) is 53.9 Å². The molecular weight excluding hydrogens is 262 g/mol. The van der Waals surface area contributed by atoms with Gasteiger partial charge in [0.25, 0.3) is 0 Å². The summed E-state index contributed by atoms with van der Waals surface area (Å²) in [5, 5.41) is 14.2. The monoisotopic (exact) mass is 287 g/mol. The van der Waals surface area contributed by atoms with Gasteiger partial charge in [0.15, 0.2) is 0 Å². The maximum Gasteiger partial charge on any atom is 0.0862 e. The van der Waals surface area contributed by atoms with Gasteiger partial charge in [-0.15, -0.1) is 0 Å². The molecule has 0 amide bonds. The Kier molecular flexibility index (Phi) is 5.53. The van der Waals surface area contributed by atoms with Gasteiger partial charge >= 0.3 is 0 Å². The normalized spacial score (nSPS) is 13.0. The van der Waals surface area contributed by atoms with Gasteiger partial charge in [0.1, 0.15) is 0 Å². The first-order chi connectivity index (χ1) is 10.0. The number of likely N-dealkylation sites (N-methyl/N-ethyl adjacent to an activating group) is 1. The first-order valence-corrected chi connectivity index (χ1v) is 7.47. The average molecular weight is 287 g/mol. The van der Waals surface area contributed by atoms with E-state index < -0.39 is 6.10 Å². The van der Waals surface area contributed by atoms with E-state index in [-0.39, 0.29) is 0 Å². The highest BCUT2D eigenvalue weighted by molar-refractivity contribution is 5.24. The summed E-state index contributed by atoms with van der Waals surface area (Å²) in [7, 11) is 2.03. The summed E-state index contributed by atoms with van der Waals surface area (Å²) in [6, 6.07) is 10.6. The predicted molar refractivity (Wildman–Crippen MR) is 85.1 cm³/mol. The number of aliphatic hydroxyl groups excluding tert-OH is 1. The maximum absolute atomic E-state index is 10.1. The van der Waals surface area contributed by atoms with E-state index in [9.17, 15) is 5.11 Å². The van der Waals surface area contributed by atoms with Gasteiger partial charge in [-0.1, -0.05) is 38.1 Å². The van der Waals surface area contributed by atoms with E-state index in [0.717, 1.165) is 6.54 Å². The summed E-state index contributed by atoms with van der Waals surface area (Å²) in [6.07, 6.45) is 3.19. The third kappa shape index (κ3) is 4.99. The van der Waals surface area contributed by atoms with Gasteiger partial charge in [-0.05, 0) is 30.2 Å². The Morgan fingerprint density at radius 2 is 1.95 bits per heavy atom. The van der Waals surface area contributed by atoms with Crippen molar-refractivity contribution in [2.24, 2.45) is 0 Å². The number of hydrogen-bond acceptors (Lipinski definition) is 3. The Morgan fingerprint density at radius 3 is 2.52 bits per heavy atom. The Hall–Kier alpha value is -1.65. The summed E-state index contributed by atoms with van der Waals surface area (Å²) < 4.78 is 1.76. The molecule has 2 rings (SSSR count). The average Bonchev–Trinajstić information content (AvgIpc) is 2.91. The van der Waals surface area contributed by atoms with Crippen molar-refractivity contribution in [1.29, 1.82) is 0 Å². The lowest BCUT2D eigenvalue weighted by molar-refractivity contribution is 0.104. The molecule has 0 aliphatic rings. The Bertz CT molecular complexity index is 519. The third-order valence-electron chi connectivity index (χ3n) is 3.58. The minimum Gasteiger partial charge on any atom is -0.390 e. The number of aromatic nitrogens is 2. The van der Waals surface area contributed by atoms with E-state index in [1.165, 1.54) is 11.1 Å². The fourth-order valence-corrected chi connectivity index (χ4v) is 2.43. The molecule has 0 bridgehead atoms. The molecule has 4 nitrogen and oxygen atoms in total. The zero-order valence-electron chi connectivity index (χ0n) is 13.1. The smallest absolute Gasteiger partial charge is 0.0862 e. The predicted octanol–water partition coefficient (Wildman–Crippen LogP) is 2.50. The topological polar surface area (TPSA) is 41.3 Å². The van der Waals surface area contributed by atoms with Crippen molar-refractivity contribution in [3.8, 4) is 0 Å². The van der Waals surface area contributed by atoms with Gasteiger partial charge in [-0.3, -0.25) is 9.58 Å². The molecule has 1 atom stereocenters. The van der Waals surface area contributed by atoms with Crippen LogP contribution < -0.4 is 0 Å². The van der Waals surface area contributed by atoms with Crippen LogP contribution in [0.4, 0.5) is 0 Å². The van der Waals surface area contributed by atoms with E-state index in [1.807, 2.05) is 19.3 Å². The summed E-state index contributed by atoms with van der Waals surface area (Å²) in [5.41, 5.74) is 2.63. The van der Waals surface area contributed by atoms with Crippen molar-refractivity contribution in [3.63, 3.8) is 0 Å². The highest BCUT2D eigenvalue weighted by Crippen LogP contribution is 2.15. The molecule has 0 fully saturated rings. The fourth-order valence-electron chi connectivity index (χ4n) is 2.43. The molecule has 0 aliphatic heterocycles. The van der Waals surface area contributed by atoms with Gasteiger partial charge in [0, 0.05) is 25.5 Å². The molecule has 1 N–H and O–H groups in total. The van der Waals surface area contributed by atoms with E-state index in [1.54, 1.807) is 10.9 Å². The Morgan fingerprint density at radius 1 is 1.24 bits per heavy atom. The summed E-state index contributed by atoms with van der Waals surface area (Å²) in [4.78, 5) is 2.14. The number of nitrogens with zero attached hydrogens (tertiary/aromatic N) is 3. The number of hydrogen-bond donors (Lipinski definition) is 1. The summed E-state index contributed by atoms with van der Waals surface area (Å²) >= 11 is 0. The van der Waals surface area contributed by atoms with Crippen LogP contribution in [-0.4, -0.2) is 39.5 Å². The van der Waals surface area contributed by atoms with Crippen LogP contribution in [0.25, 0.3) is 0 Å². The standard InChI is InChI=1S/C17H25N3O/c1-14(2)16-7-5-15(6-8-16)11-19(3)12-17(21)13-20-10-4-9-18-20/h4-10,14,17,21H,11-13H2,1-3H3. The molecule has 1 aromatic heterocycles. The molecule has 1 heterocycles. The van der Waals surface area contributed by atoms with Crippen LogP contribution in [0, 0.1) is 0 Å². The minimum absolute atomic E-state index is 0.412. The van der Waals surface area contributed by atoms with Gasteiger partial charge in [-0.2, -0.15) is 5.10 Å². The molecule has 0 radical (unpaired) electrons. The van der Waals surface area contributed by atoms with Crippen molar-refractivity contribution in [2.75, 3.05) is 13.6 Å². The molecule has 1 aromatic carbocycles. The maximum atomic E-state index is 10.1. The number of aliphatic hydroxyl groups is 1. The van der Waals surface area contributed by atoms with E-state index in [4.69, 9.17) is 0 Å². The zero-order chi connectivity index (χ0) is 15.2. The molecule has 21 heavy (non-hydrogen) atoms. The summed E-state index contributed by atoms with van der Waals surface area (Å²) in [6.45, 7) is 6.41. The van der Waals surface area contributed by atoms with Crippen LogP contribution in [-0.2, 0) is 13.1 Å². The lowest BCUT2D eigenvalue weighted by Gasteiger charge is -2.21. The van der Waals surface area contributed by atoms with Crippen molar-refractivity contribution in [2.45, 2.75) is 39.0 Å². The number of benzene rings is 1. The quantitative estimate of drug-likeness (QED) is 0.850. The molecule has 0 aliphatic carbocycles. The van der Waals surface area contributed by atoms with Crippen LogP contribution in [0.2, 0.25) is 0 Å². The lowest BCUT2D eigenvalue weighted by Crippen LogP contribution is -2.31. The fraction of sp³-hybridized carbons (Fsp3) is 0.471. The first kappa shape index (κ1) is 15.7. The molecular formula is C17H25N3O. The Labute approximate surface area is 127 Å². The zero-order valence-corrected chi connectivity index (χ0v) is 13.1. The van der Waals surface area contributed by atoms with Crippen LogP contribution >= 0.6 is 0 Å². The second-order valence-electron chi connectivity index (χ2n) is 5.97. The molecule has 1 unspecified atom stereocenters. The highest BCUT2D eigenvalue weighted by Gasteiger charge is 2.10. The molecule has 114 valence electrons. The van der Waals surface area contributed by atoms with Gasteiger partial charge in [0.05, 0.1) is 12.6 Å². The van der Waals surface area contributed by atoms with Crippen molar-refractivity contribution >= 4 is 0 Å². The molecule has 0 saturated carbocycles. The second kappa shape index (κ2) is 7.38. The van der Waals surface area contributed by atoms with Crippen molar-refractivity contribution < 1.29 is 5.11 Å². The van der Waals surface area contributed by atoms with Crippen LogP contribution in [0.3, 0.4) is 0 Å². The Balaban J connectivity index is 1.82. The van der Waals surface area contributed by atoms with Gasteiger partial charge in [0.2, 0.25) is 0 Å². The third-order valence-corrected chi connectivity index (χ3v) is 3.58. The first-order valence-electron chi connectivity index (χ1n) is 7.47. The minimum atomic E-state index is -0.412. The number of rotatable bonds is 7. The molecule has 0 saturated heterocycles. The molecule has 0 spiro atoms. The lowest BCUT2D eigenvalue weighted by atomic mass is 10.0. The van der Waals surface area contributed by atoms with E-state index in [2.05, 4.69) is 48.1 Å². The van der Waals surface area contributed by atoms with Gasteiger partial charge in [-0.25, -0.2) is 0 Å².